The van der Waals surface area contributed by atoms with Crippen LogP contribution in [0, 0.1) is 0 Å². The number of fused-ring (bicyclic) bond motifs is 1. The molecular weight excluding hydrogens is 312 g/mol. The molecule has 1 heterocycles. The molecule has 0 saturated heterocycles. The molecule has 1 N–H and O–H groups in total. The van der Waals surface area contributed by atoms with Crippen LogP contribution in [-0.4, -0.2) is 24.0 Å². The Hall–Kier alpha value is -2.75. The molecule has 25 heavy (non-hydrogen) atoms. The molecule has 2 aromatic carbocycles. The molecule has 0 saturated carbocycles. The van der Waals surface area contributed by atoms with Gasteiger partial charge < -0.3 is 15.0 Å². The lowest BCUT2D eigenvalue weighted by atomic mass is 9.93. The van der Waals surface area contributed by atoms with Crippen molar-refractivity contribution in [1.29, 1.82) is 0 Å². The summed E-state index contributed by atoms with van der Waals surface area (Å²) >= 11 is 0. The summed E-state index contributed by atoms with van der Waals surface area (Å²) in [6.45, 7) is 9.07. The number of carbonyl (C=O) groups is 1. The molecule has 4 heteroatoms. The summed E-state index contributed by atoms with van der Waals surface area (Å²) in [6, 6.07) is 15.5. The molecule has 1 aliphatic heterocycles. The normalized spacial score (nSPS) is 19.1. The van der Waals surface area contributed by atoms with Gasteiger partial charge in [-0.3, -0.25) is 4.79 Å². The number of anilines is 1. The lowest BCUT2D eigenvalue weighted by molar-refractivity contribution is 0.0572. The molecule has 0 aliphatic carbocycles. The summed E-state index contributed by atoms with van der Waals surface area (Å²) in [6.07, 6.45) is 2.73. The number of benzene rings is 2. The Labute approximate surface area is 149 Å². The molecule has 1 atom stereocenters. The Morgan fingerprint density at radius 2 is 1.92 bits per heavy atom. The fourth-order valence-electron chi connectivity index (χ4n) is 3.18. The number of nitrogens with one attached hydrogen (secondary N) is 1. The third kappa shape index (κ3) is 3.12. The van der Waals surface area contributed by atoms with Crippen LogP contribution < -0.4 is 10.1 Å². The number of hydrogen-bond acceptors (Lipinski definition) is 3. The second kappa shape index (κ2) is 7.01. The molecule has 0 bridgehead atoms. The van der Waals surface area contributed by atoms with Gasteiger partial charge in [-0.05, 0) is 43.2 Å². The highest BCUT2D eigenvalue weighted by Gasteiger charge is 2.41. The average Bonchev–Trinajstić information content (AvgIpc) is 2.64. The van der Waals surface area contributed by atoms with E-state index in [1.165, 1.54) is 0 Å². The van der Waals surface area contributed by atoms with Crippen LogP contribution in [0.15, 0.2) is 61.2 Å². The van der Waals surface area contributed by atoms with Crippen molar-refractivity contribution >= 4 is 11.6 Å². The first-order valence-corrected chi connectivity index (χ1v) is 8.63. The van der Waals surface area contributed by atoms with E-state index in [0.717, 1.165) is 23.4 Å². The zero-order chi connectivity index (χ0) is 17.9. The molecule has 1 aliphatic rings. The minimum atomic E-state index is -0.650. The van der Waals surface area contributed by atoms with E-state index in [-0.39, 0.29) is 5.91 Å². The zero-order valence-corrected chi connectivity index (χ0v) is 14.8. The van der Waals surface area contributed by atoms with Gasteiger partial charge in [-0.25, -0.2) is 0 Å². The highest BCUT2D eigenvalue weighted by Crippen LogP contribution is 2.38. The predicted molar refractivity (Wildman–Crippen MR) is 101 cm³/mol. The average molecular weight is 336 g/mol. The van der Waals surface area contributed by atoms with Crippen LogP contribution in [0.4, 0.5) is 5.69 Å². The van der Waals surface area contributed by atoms with Crippen molar-refractivity contribution in [3.05, 3.63) is 72.3 Å². The van der Waals surface area contributed by atoms with Crippen molar-refractivity contribution in [3.8, 4) is 5.75 Å². The van der Waals surface area contributed by atoms with Gasteiger partial charge in [0, 0.05) is 12.2 Å². The van der Waals surface area contributed by atoms with Gasteiger partial charge in [-0.1, -0.05) is 37.3 Å². The number of amides is 1. The van der Waals surface area contributed by atoms with Crippen LogP contribution in [0.25, 0.3) is 0 Å². The SMILES string of the molecule is C=CCN1C(=O)c2ccccc2NC1(C)c1ccc(OCCC)cc1. The van der Waals surface area contributed by atoms with Gasteiger partial charge in [-0.2, -0.15) is 0 Å². The van der Waals surface area contributed by atoms with Crippen molar-refractivity contribution in [2.75, 3.05) is 18.5 Å². The van der Waals surface area contributed by atoms with Gasteiger partial charge >= 0.3 is 0 Å². The van der Waals surface area contributed by atoms with Crippen LogP contribution in [0.1, 0.15) is 36.2 Å². The summed E-state index contributed by atoms with van der Waals surface area (Å²) in [5.41, 5.74) is 1.88. The quantitative estimate of drug-likeness (QED) is 0.795. The number of nitrogens with zero attached hydrogens (tertiary/aromatic N) is 1. The Balaban J connectivity index is 1.99. The van der Waals surface area contributed by atoms with Gasteiger partial charge in [0.1, 0.15) is 11.4 Å². The van der Waals surface area contributed by atoms with Gasteiger partial charge in [-0.15, -0.1) is 6.58 Å². The zero-order valence-electron chi connectivity index (χ0n) is 14.8. The van der Waals surface area contributed by atoms with Gasteiger partial charge in [0.15, 0.2) is 0 Å². The molecular formula is C21H24N2O2. The molecule has 0 spiro atoms. The maximum absolute atomic E-state index is 13.0. The van der Waals surface area contributed by atoms with Crippen LogP contribution in [0.5, 0.6) is 5.75 Å². The molecule has 1 amide bonds. The first-order valence-electron chi connectivity index (χ1n) is 8.63. The van der Waals surface area contributed by atoms with Crippen molar-refractivity contribution in [1.82, 2.24) is 4.90 Å². The topological polar surface area (TPSA) is 41.6 Å². The number of para-hydroxylation sites is 1. The fourth-order valence-corrected chi connectivity index (χ4v) is 3.18. The Kier molecular flexibility index (Phi) is 4.79. The molecule has 3 rings (SSSR count). The van der Waals surface area contributed by atoms with Crippen LogP contribution in [0.2, 0.25) is 0 Å². The van der Waals surface area contributed by atoms with E-state index in [9.17, 15) is 4.79 Å². The maximum atomic E-state index is 13.0. The van der Waals surface area contributed by atoms with Crippen LogP contribution >= 0.6 is 0 Å². The molecule has 0 fully saturated rings. The Morgan fingerprint density at radius 3 is 2.60 bits per heavy atom. The highest BCUT2D eigenvalue weighted by molar-refractivity contribution is 6.02. The van der Waals surface area contributed by atoms with Crippen molar-refractivity contribution in [2.45, 2.75) is 25.9 Å². The summed E-state index contributed by atoms with van der Waals surface area (Å²) in [5.74, 6) is 0.843. The van der Waals surface area contributed by atoms with E-state index < -0.39 is 5.66 Å². The van der Waals surface area contributed by atoms with E-state index >= 15 is 0 Å². The number of carbonyl (C=O) groups excluding carboxylic acids is 1. The summed E-state index contributed by atoms with van der Waals surface area (Å²) in [4.78, 5) is 14.8. The summed E-state index contributed by atoms with van der Waals surface area (Å²) < 4.78 is 5.67. The number of ether oxygens (including phenoxy) is 1. The van der Waals surface area contributed by atoms with Gasteiger partial charge in [0.25, 0.3) is 5.91 Å². The van der Waals surface area contributed by atoms with E-state index in [1.807, 2.05) is 60.4 Å². The fraction of sp³-hybridized carbons (Fsp3) is 0.286. The second-order valence-corrected chi connectivity index (χ2v) is 6.32. The molecule has 0 radical (unpaired) electrons. The predicted octanol–water partition coefficient (Wildman–Crippen LogP) is 4.40. The minimum Gasteiger partial charge on any atom is -0.494 e. The van der Waals surface area contributed by atoms with E-state index in [0.29, 0.717) is 18.7 Å². The lowest BCUT2D eigenvalue weighted by Crippen LogP contribution is -2.55. The van der Waals surface area contributed by atoms with Crippen molar-refractivity contribution in [3.63, 3.8) is 0 Å². The van der Waals surface area contributed by atoms with E-state index in [2.05, 4.69) is 18.8 Å². The van der Waals surface area contributed by atoms with Gasteiger partial charge in [0.05, 0.1) is 12.2 Å². The van der Waals surface area contributed by atoms with Gasteiger partial charge in [0.2, 0.25) is 0 Å². The number of rotatable bonds is 6. The monoisotopic (exact) mass is 336 g/mol. The standard InChI is InChI=1S/C21H24N2O2/c1-4-14-23-20(24)18-8-6-7-9-19(18)22-21(23,3)16-10-12-17(13-11-16)25-15-5-2/h4,6-13,22H,1,5,14-15H2,2-3H3. The summed E-state index contributed by atoms with van der Waals surface area (Å²) in [7, 11) is 0. The smallest absolute Gasteiger partial charge is 0.258 e. The maximum Gasteiger partial charge on any atom is 0.258 e. The Bertz CT molecular complexity index is 770. The third-order valence-electron chi connectivity index (χ3n) is 4.52. The van der Waals surface area contributed by atoms with Crippen molar-refractivity contribution in [2.24, 2.45) is 0 Å². The molecule has 1 unspecified atom stereocenters. The molecule has 130 valence electrons. The highest BCUT2D eigenvalue weighted by atomic mass is 16.5. The number of hydrogen-bond donors (Lipinski definition) is 1. The van der Waals surface area contributed by atoms with Crippen LogP contribution in [0.3, 0.4) is 0 Å². The Morgan fingerprint density at radius 1 is 1.20 bits per heavy atom. The first-order chi connectivity index (χ1) is 12.1. The van der Waals surface area contributed by atoms with E-state index in [4.69, 9.17) is 4.74 Å². The molecule has 0 aromatic heterocycles. The minimum absolute atomic E-state index is 0.00283. The second-order valence-electron chi connectivity index (χ2n) is 6.32. The van der Waals surface area contributed by atoms with Crippen LogP contribution in [-0.2, 0) is 5.66 Å². The summed E-state index contributed by atoms with van der Waals surface area (Å²) in [5, 5.41) is 3.53. The first kappa shape index (κ1) is 17.1. The largest absolute Gasteiger partial charge is 0.494 e. The van der Waals surface area contributed by atoms with Crippen molar-refractivity contribution < 1.29 is 9.53 Å². The lowest BCUT2D eigenvalue weighted by Gasteiger charge is -2.46. The third-order valence-corrected chi connectivity index (χ3v) is 4.52. The van der Waals surface area contributed by atoms with E-state index in [1.54, 1.807) is 6.08 Å². The molecule has 2 aromatic rings. The molecule has 4 nitrogen and oxygen atoms in total.